The Morgan fingerprint density at radius 3 is 2.79 bits per heavy atom. The lowest BCUT2D eigenvalue weighted by Crippen LogP contribution is -2.37. The quantitative estimate of drug-likeness (QED) is 0.811. The summed E-state index contributed by atoms with van der Waals surface area (Å²) in [6.45, 7) is 3.07. The van der Waals surface area contributed by atoms with Gasteiger partial charge in [-0.25, -0.2) is 9.97 Å². The highest BCUT2D eigenvalue weighted by Gasteiger charge is 2.37. The van der Waals surface area contributed by atoms with Crippen LogP contribution in [0.15, 0.2) is 30.3 Å². The van der Waals surface area contributed by atoms with Crippen molar-refractivity contribution < 1.29 is 9.59 Å². The smallest absolute Gasteiger partial charge is 0.239 e. The molecule has 146 valence electrons. The third-order valence-corrected chi connectivity index (χ3v) is 5.67. The summed E-state index contributed by atoms with van der Waals surface area (Å²) in [5.74, 6) is -0.142. The van der Waals surface area contributed by atoms with Gasteiger partial charge in [-0.2, -0.15) is 0 Å². The molecule has 6 heteroatoms. The average molecular weight is 378 g/mol. The molecule has 1 aliphatic heterocycles. The number of carbonyl (C=O) groups excluding carboxylic acids is 2. The molecule has 0 saturated carbocycles. The van der Waals surface area contributed by atoms with E-state index in [1.807, 2.05) is 37.3 Å². The third kappa shape index (κ3) is 3.77. The van der Waals surface area contributed by atoms with Crippen molar-refractivity contribution >= 4 is 17.5 Å². The van der Waals surface area contributed by atoms with Crippen molar-refractivity contribution in [2.24, 2.45) is 5.92 Å². The van der Waals surface area contributed by atoms with E-state index in [1.54, 1.807) is 4.90 Å². The van der Waals surface area contributed by atoms with Crippen LogP contribution in [0.3, 0.4) is 0 Å². The second kappa shape index (κ2) is 8.09. The predicted octanol–water partition coefficient (Wildman–Crippen LogP) is 2.38. The molecule has 28 heavy (non-hydrogen) atoms. The zero-order valence-corrected chi connectivity index (χ0v) is 16.3. The van der Waals surface area contributed by atoms with Crippen molar-refractivity contribution in [3.8, 4) is 0 Å². The fourth-order valence-corrected chi connectivity index (χ4v) is 4.16. The number of aromatic nitrogens is 2. The van der Waals surface area contributed by atoms with Crippen LogP contribution in [0.4, 0.5) is 5.69 Å². The largest absolute Gasteiger partial charge is 0.355 e. The second-order valence-corrected chi connectivity index (χ2v) is 7.57. The van der Waals surface area contributed by atoms with Crippen molar-refractivity contribution in [1.82, 2.24) is 15.3 Å². The van der Waals surface area contributed by atoms with Crippen LogP contribution in [-0.2, 0) is 28.9 Å². The lowest BCUT2D eigenvalue weighted by Gasteiger charge is -2.18. The van der Waals surface area contributed by atoms with Crippen LogP contribution in [0.25, 0.3) is 0 Å². The zero-order chi connectivity index (χ0) is 19.5. The van der Waals surface area contributed by atoms with E-state index in [4.69, 9.17) is 4.98 Å². The molecule has 1 aromatic carbocycles. The molecule has 6 nitrogen and oxygen atoms in total. The number of hydrogen-bond acceptors (Lipinski definition) is 4. The van der Waals surface area contributed by atoms with E-state index in [0.717, 1.165) is 30.0 Å². The summed E-state index contributed by atoms with van der Waals surface area (Å²) in [6, 6.07) is 9.51. The Hall–Kier alpha value is -2.76. The number of hydrogen-bond donors (Lipinski definition) is 1. The van der Waals surface area contributed by atoms with Gasteiger partial charge < -0.3 is 10.2 Å². The van der Waals surface area contributed by atoms with Gasteiger partial charge in [-0.1, -0.05) is 18.2 Å². The molecular weight excluding hydrogens is 352 g/mol. The molecule has 2 aromatic rings. The maximum absolute atomic E-state index is 12.6. The molecule has 0 radical (unpaired) electrons. The molecule has 1 aliphatic carbocycles. The number of para-hydroxylation sites is 1. The van der Waals surface area contributed by atoms with E-state index in [1.165, 1.54) is 24.1 Å². The standard InChI is InChI=1S/C22H26N4O2/c1-15-17-9-5-6-10-19(17)25-20(24-15)11-13-23-21(27)18-12-14-26(22(18)28)16-7-3-2-4-8-16/h2-4,7-8,18H,5-6,9-14H2,1H3,(H,23,27). The number of carbonyl (C=O) groups is 2. The summed E-state index contributed by atoms with van der Waals surface area (Å²) in [5.41, 5.74) is 4.39. The Morgan fingerprint density at radius 2 is 1.96 bits per heavy atom. The molecule has 1 aromatic heterocycles. The highest BCUT2D eigenvalue weighted by Crippen LogP contribution is 2.25. The van der Waals surface area contributed by atoms with Crippen molar-refractivity contribution in [3.63, 3.8) is 0 Å². The van der Waals surface area contributed by atoms with Crippen LogP contribution in [0.5, 0.6) is 0 Å². The molecule has 1 saturated heterocycles. The van der Waals surface area contributed by atoms with Gasteiger partial charge in [-0.3, -0.25) is 9.59 Å². The molecule has 2 heterocycles. The van der Waals surface area contributed by atoms with Crippen LogP contribution in [0.2, 0.25) is 0 Å². The topological polar surface area (TPSA) is 75.2 Å². The maximum atomic E-state index is 12.6. The first-order valence-electron chi connectivity index (χ1n) is 10.1. The van der Waals surface area contributed by atoms with Crippen LogP contribution in [0, 0.1) is 12.8 Å². The lowest BCUT2D eigenvalue weighted by atomic mass is 9.95. The first-order valence-corrected chi connectivity index (χ1v) is 10.1. The summed E-state index contributed by atoms with van der Waals surface area (Å²) in [7, 11) is 0. The van der Waals surface area contributed by atoms with Gasteiger partial charge in [0.2, 0.25) is 11.8 Å². The van der Waals surface area contributed by atoms with Crippen molar-refractivity contribution in [2.45, 2.75) is 45.4 Å². The SMILES string of the molecule is Cc1nc(CCNC(=O)C2CCN(c3ccccc3)C2=O)nc2c1CCCC2. The fourth-order valence-electron chi connectivity index (χ4n) is 4.16. The summed E-state index contributed by atoms with van der Waals surface area (Å²) >= 11 is 0. The molecule has 0 spiro atoms. The lowest BCUT2D eigenvalue weighted by molar-refractivity contribution is -0.132. The Labute approximate surface area is 165 Å². The van der Waals surface area contributed by atoms with Gasteiger partial charge >= 0.3 is 0 Å². The third-order valence-electron chi connectivity index (χ3n) is 5.67. The second-order valence-electron chi connectivity index (χ2n) is 7.57. The van der Waals surface area contributed by atoms with Gasteiger partial charge in [0, 0.05) is 36.6 Å². The highest BCUT2D eigenvalue weighted by atomic mass is 16.2. The monoisotopic (exact) mass is 378 g/mol. The molecule has 2 aliphatic rings. The van der Waals surface area contributed by atoms with Gasteiger partial charge in [0.15, 0.2) is 0 Å². The van der Waals surface area contributed by atoms with Gasteiger partial charge in [-0.15, -0.1) is 0 Å². The van der Waals surface area contributed by atoms with E-state index in [0.29, 0.717) is 25.9 Å². The van der Waals surface area contributed by atoms with E-state index in [9.17, 15) is 9.59 Å². The highest BCUT2D eigenvalue weighted by molar-refractivity contribution is 6.09. The van der Waals surface area contributed by atoms with Gasteiger partial charge in [0.05, 0.1) is 0 Å². The summed E-state index contributed by atoms with van der Waals surface area (Å²) in [5, 5.41) is 2.91. The molecule has 1 unspecified atom stereocenters. The van der Waals surface area contributed by atoms with Crippen LogP contribution in [0.1, 0.15) is 42.0 Å². The summed E-state index contributed by atoms with van der Waals surface area (Å²) in [6.07, 6.45) is 5.62. The van der Waals surface area contributed by atoms with E-state index in [2.05, 4.69) is 10.3 Å². The minimum absolute atomic E-state index is 0.121. The minimum atomic E-state index is -0.605. The molecule has 1 atom stereocenters. The normalized spacial score (nSPS) is 18.8. The Kier molecular flexibility index (Phi) is 5.37. The van der Waals surface area contributed by atoms with Crippen LogP contribution >= 0.6 is 0 Å². The number of rotatable bonds is 5. The van der Waals surface area contributed by atoms with Crippen molar-refractivity contribution in [1.29, 1.82) is 0 Å². The van der Waals surface area contributed by atoms with Crippen molar-refractivity contribution in [2.75, 3.05) is 18.0 Å². The van der Waals surface area contributed by atoms with E-state index < -0.39 is 5.92 Å². The number of benzene rings is 1. The number of nitrogens with one attached hydrogen (secondary N) is 1. The number of fused-ring (bicyclic) bond motifs is 1. The zero-order valence-electron chi connectivity index (χ0n) is 16.3. The number of anilines is 1. The van der Waals surface area contributed by atoms with Gasteiger partial charge in [-0.05, 0) is 56.7 Å². The molecule has 1 N–H and O–H groups in total. The molecule has 2 amide bonds. The van der Waals surface area contributed by atoms with E-state index >= 15 is 0 Å². The number of nitrogens with zero attached hydrogens (tertiary/aromatic N) is 3. The molecule has 4 rings (SSSR count). The maximum Gasteiger partial charge on any atom is 0.239 e. The van der Waals surface area contributed by atoms with Gasteiger partial charge in [0.1, 0.15) is 11.7 Å². The van der Waals surface area contributed by atoms with Crippen LogP contribution < -0.4 is 10.2 Å². The van der Waals surface area contributed by atoms with Crippen LogP contribution in [-0.4, -0.2) is 34.9 Å². The first kappa shape index (κ1) is 18.6. The molecule has 0 bridgehead atoms. The fraction of sp³-hybridized carbons (Fsp3) is 0.455. The Morgan fingerprint density at radius 1 is 1.18 bits per heavy atom. The van der Waals surface area contributed by atoms with E-state index in [-0.39, 0.29) is 11.8 Å². The number of amides is 2. The Bertz CT molecular complexity index is 882. The first-order chi connectivity index (χ1) is 13.6. The Balaban J connectivity index is 1.33. The summed E-state index contributed by atoms with van der Waals surface area (Å²) in [4.78, 5) is 36.2. The number of aryl methyl sites for hydroxylation is 2. The van der Waals surface area contributed by atoms with Gasteiger partial charge in [0.25, 0.3) is 0 Å². The molecule has 1 fully saturated rings. The van der Waals surface area contributed by atoms with Crippen molar-refractivity contribution in [3.05, 3.63) is 53.1 Å². The molecular formula is C22H26N4O2. The average Bonchev–Trinajstić information content (AvgIpc) is 3.10. The summed E-state index contributed by atoms with van der Waals surface area (Å²) < 4.78 is 0. The minimum Gasteiger partial charge on any atom is -0.355 e. The predicted molar refractivity (Wildman–Crippen MR) is 107 cm³/mol.